The quantitative estimate of drug-likeness (QED) is 0.511. The smallest absolute Gasteiger partial charge is 0.258 e. The molecule has 5 nitrogen and oxygen atoms in total. The number of para-hydroxylation sites is 1. The molecule has 0 saturated carbocycles. The number of nitrogens with zero attached hydrogens (tertiary/aromatic N) is 3. The van der Waals surface area contributed by atoms with Crippen molar-refractivity contribution >= 4 is 21.6 Å². The van der Waals surface area contributed by atoms with E-state index in [9.17, 15) is 10.1 Å². The predicted molar refractivity (Wildman–Crippen MR) is 88.1 cm³/mol. The number of halogens is 1. The Balaban J connectivity index is 2.23. The molecule has 0 unspecified atom stereocenters. The lowest BCUT2D eigenvalue weighted by atomic mass is 10.1. The van der Waals surface area contributed by atoms with Crippen LogP contribution in [0.5, 0.6) is 0 Å². The SMILES string of the molecule is Cc1ccc(Br)c(-n2nccc2-c2ccccc2[N+](=O)[O-])c1. The van der Waals surface area contributed by atoms with Crippen LogP contribution in [0, 0.1) is 17.0 Å². The first kappa shape index (κ1) is 14.5. The molecule has 110 valence electrons. The van der Waals surface area contributed by atoms with Crippen LogP contribution in [0.2, 0.25) is 0 Å². The van der Waals surface area contributed by atoms with E-state index in [2.05, 4.69) is 21.0 Å². The largest absolute Gasteiger partial charge is 0.278 e. The highest BCUT2D eigenvalue weighted by molar-refractivity contribution is 9.10. The fraction of sp³-hybridized carbons (Fsp3) is 0.0625. The summed E-state index contributed by atoms with van der Waals surface area (Å²) in [6, 6.07) is 14.4. The minimum Gasteiger partial charge on any atom is -0.258 e. The van der Waals surface area contributed by atoms with Crippen molar-refractivity contribution in [3.63, 3.8) is 0 Å². The highest BCUT2D eigenvalue weighted by atomic mass is 79.9. The van der Waals surface area contributed by atoms with E-state index in [0.29, 0.717) is 11.3 Å². The number of aryl methyl sites for hydroxylation is 1. The molecule has 22 heavy (non-hydrogen) atoms. The number of rotatable bonds is 3. The van der Waals surface area contributed by atoms with Gasteiger partial charge < -0.3 is 0 Å². The average Bonchev–Trinajstić information content (AvgIpc) is 2.98. The van der Waals surface area contributed by atoms with Gasteiger partial charge in [0.1, 0.15) is 0 Å². The molecule has 0 aliphatic heterocycles. The summed E-state index contributed by atoms with van der Waals surface area (Å²) in [5.41, 5.74) is 3.21. The Kier molecular flexibility index (Phi) is 3.77. The molecule has 0 saturated heterocycles. The number of benzene rings is 2. The fourth-order valence-corrected chi connectivity index (χ4v) is 2.75. The van der Waals surface area contributed by atoms with Crippen LogP contribution in [0.25, 0.3) is 16.9 Å². The number of nitro benzene ring substituents is 1. The lowest BCUT2D eigenvalue weighted by molar-refractivity contribution is -0.384. The zero-order valence-corrected chi connectivity index (χ0v) is 13.3. The van der Waals surface area contributed by atoms with Crippen LogP contribution in [0.4, 0.5) is 5.69 Å². The van der Waals surface area contributed by atoms with Crippen LogP contribution in [0.15, 0.2) is 59.2 Å². The van der Waals surface area contributed by atoms with E-state index in [-0.39, 0.29) is 10.6 Å². The Labute approximate surface area is 135 Å². The Bertz CT molecular complexity index is 858. The molecule has 0 N–H and O–H groups in total. The van der Waals surface area contributed by atoms with Gasteiger partial charge in [0.2, 0.25) is 0 Å². The predicted octanol–water partition coefficient (Wildman–Crippen LogP) is 4.52. The highest BCUT2D eigenvalue weighted by Gasteiger charge is 2.19. The van der Waals surface area contributed by atoms with Gasteiger partial charge in [-0.05, 0) is 52.7 Å². The van der Waals surface area contributed by atoms with E-state index in [0.717, 1.165) is 15.7 Å². The zero-order valence-electron chi connectivity index (χ0n) is 11.7. The molecule has 0 bridgehead atoms. The number of nitro groups is 1. The van der Waals surface area contributed by atoms with Crippen molar-refractivity contribution < 1.29 is 4.92 Å². The van der Waals surface area contributed by atoms with Gasteiger partial charge >= 0.3 is 0 Å². The van der Waals surface area contributed by atoms with E-state index >= 15 is 0 Å². The third-order valence-electron chi connectivity index (χ3n) is 3.35. The van der Waals surface area contributed by atoms with Crippen LogP contribution < -0.4 is 0 Å². The Morgan fingerprint density at radius 2 is 1.95 bits per heavy atom. The van der Waals surface area contributed by atoms with Crippen molar-refractivity contribution in [1.82, 2.24) is 9.78 Å². The first-order valence-corrected chi connectivity index (χ1v) is 7.41. The maximum Gasteiger partial charge on any atom is 0.278 e. The van der Waals surface area contributed by atoms with Crippen LogP contribution in [0.1, 0.15) is 5.56 Å². The van der Waals surface area contributed by atoms with E-state index in [1.807, 2.05) is 25.1 Å². The summed E-state index contributed by atoms with van der Waals surface area (Å²) in [4.78, 5) is 10.9. The first-order valence-electron chi connectivity index (χ1n) is 6.62. The minimum atomic E-state index is -0.377. The summed E-state index contributed by atoms with van der Waals surface area (Å²) >= 11 is 3.51. The molecular formula is C16H12BrN3O2. The second-order valence-electron chi connectivity index (χ2n) is 4.86. The van der Waals surface area contributed by atoms with Crippen LogP contribution >= 0.6 is 15.9 Å². The van der Waals surface area contributed by atoms with Crippen molar-refractivity contribution in [2.75, 3.05) is 0 Å². The fourth-order valence-electron chi connectivity index (χ4n) is 2.33. The Morgan fingerprint density at radius 1 is 1.18 bits per heavy atom. The van der Waals surface area contributed by atoms with Crippen molar-refractivity contribution in [2.45, 2.75) is 6.92 Å². The lowest BCUT2D eigenvalue weighted by Crippen LogP contribution is -2.02. The molecule has 0 spiro atoms. The second kappa shape index (κ2) is 5.73. The van der Waals surface area contributed by atoms with Crippen LogP contribution in [-0.4, -0.2) is 14.7 Å². The number of hydrogen-bond acceptors (Lipinski definition) is 3. The van der Waals surface area contributed by atoms with Gasteiger partial charge in [-0.2, -0.15) is 5.10 Å². The maximum absolute atomic E-state index is 11.3. The zero-order chi connectivity index (χ0) is 15.7. The Morgan fingerprint density at radius 3 is 2.73 bits per heavy atom. The minimum absolute atomic E-state index is 0.0630. The molecular weight excluding hydrogens is 346 g/mol. The van der Waals surface area contributed by atoms with E-state index in [4.69, 9.17) is 0 Å². The second-order valence-corrected chi connectivity index (χ2v) is 5.71. The maximum atomic E-state index is 11.3. The molecule has 0 amide bonds. The summed E-state index contributed by atoms with van der Waals surface area (Å²) in [5.74, 6) is 0. The van der Waals surface area contributed by atoms with Gasteiger partial charge in [-0.1, -0.05) is 18.2 Å². The molecule has 0 radical (unpaired) electrons. The summed E-state index contributed by atoms with van der Waals surface area (Å²) in [6.45, 7) is 1.99. The molecule has 0 atom stereocenters. The first-order chi connectivity index (χ1) is 10.6. The van der Waals surface area contributed by atoms with E-state index < -0.39 is 0 Å². The Hall–Kier alpha value is -2.47. The number of aromatic nitrogens is 2. The monoisotopic (exact) mass is 357 g/mol. The van der Waals surface area contributed by atoms with Crippen molar-refractivity contribution in [2.24, 2.45) is 0 Å². The van der Waals surface area contributed by atoms with E-state index in [1.54, 1.807) is 35.1 Å². The molecule has 1 heterocycles. The van der Waals surface area contributed by atoms with Gasteiger partial charge in [0.05, 0.1) is 28.1 Å². The average molecular weight is 358 g/mol. The van der Waals surface area contributed by atoms with Gasteiger partial charge in [0.15, 0.2) is 0 Å². The number of hydrogen-bond donors (Lipinski definition) is 0. The third-order valence-corrected chi connectivity index (χ3v) is 4.02. The standard InChI is InChI=1S/C16H12BrN3O2/c1-11-6-7-13(17)16(10-11)19-14(8-9-18-19)12-4-2-3-5-15(12)20(21)22/h2-10H,1H3. The van der Waals surface area contributed by atoms with E-state index in [1.165, 1.54) is 6.07 Å². The van der Waals surface area contributed by atoms with Gasteiger partial charge in [-0.3, -0.25) is 10.1 Å². The van der Waals surface area contributed by atoms with Crippen molar-refractivity contribution in [3.05, 3.63) is 74.9 Å². The summed E-state index contributed by atoms with van der Waals surface area (Å²) in [7, 11) is 0. The molecule has 6 heteroatoms. The summed E-state index contributed by atoms with van der Waals surface area (Å²) in [5, 5.41) is 15.6. The molecule has 2 aromatic carbocycles. The van der Waals surface area contributed by atoms with Crippen LogP contribution in [-0.2, 0) is 0 Å². The summed E-state index contributed by atoms with van der Waals surface area (Å²) in [6.07, 6.45) is 1.64. The molecule has 1 aromatic heterocycles. The van der Waals surface area contributed by atoms with Crippen molar-refractivity contribution in [3.8, 4) is 16.9 Å². The molecule has 0 aliphatic rings. The molecule has 0 fully saturated rings. The molecule has 3 rings (SSSR count). The molecule has 0 aliphatic carbocycles. The third kappa shape index (κ3) is 2.53. The van der Waals surface area contributed by atoms with Gasteiger partial charge in [0, 0.05) is 10.5 Å². The lowest BCUT2D eigenvalue weighted by Gasteiger charge is -2.10. The van der Waals surface area contributed by atoms with Crippen molar-refractivity contribution in [1.29, 1.82) is 0 Å². The van der Waals surface area contributed by atoms with Gasteiger partial charge in [0.25, 0.3) is 5.69 Å². The van der Waals surface area contributed by atoms with Gasteiger partial charge in [-0.15, -0.1) is 0 Å². The highest BCUT2D eigenvalue weighted by Crippen LogP contribution is 2.32. The molecule has 3 aromatic rings. The van der Waals surface area contributed by atoms with Gasteiger partial charge in [-0.25, -0.2) is 4.68 Å². The normalized spacial score (nSPS) is 10.6. The summed E-state index contributed by atoms with van der Waals surface area (Å²) < 4.78 is 2.58. The van der Waals surface area contributed by atoms with Crippen LogP contribution in [0.3, 0.4) is 0 Å². The topological polar surface area (TPSA) is 61.0 Å².